The number of nitrogens with zero attached hydrogens (tertiary/aromatic N) is 4. The van der Waals surface area contributed by atoms with Crippen molar-refractivity contribution in [2.24, 2.45) is 0 Å². The van der Waals surface area contributed by atoms with Crippen LogP contribution in [0.25, 0.3) is 11.3 Å². The minimum atomic E-state index is -1.11. The van der Waals surface area contributed by atoms with Gasteiger partial charge in [-0.25, -0.2) is 19.0 Å². The van der Waals surface area contributed by atoms with Crippen LogP contribution >= 0.6 is 22.6 Å². The van der Waals surface area contributed by atoms with Crippen molar-refractivity contribution in [2.45, 2.75) is 160 Å². The molecule has 4 aromatic rings. The van der Waals surface area contributed by atoms with E-state index in [9.17, 15) is 9.59 Å². The Kier molecular flexibility index (Phi) is 22.6. The van der Waals surface area contributed by atoms with Gasteiger partial charge in [0.2, 0.25) is 0 Å². The number of hydrogen-bond acceptors (Lipinski definition) is 10. The predicted molar refractivity (Wildman–Crippen MR) is 278 cm³/mol. The van der Waals surface area contributed by atoms with Crippen LogP contribution in [0.1, 0.15) is 96.6 Å². The molecule has 0 radical (unpaired) electrons. The zero-order valence-electron chi connectivity index (χ0n) is 40.7. The molecule has 3 heterocycles. The molecule has 0 N–H and O–H groups in total. The van der Waals surface area contributed by atoms with Gasteiger partial charge in [-0.15, -0.1) is 0 Å². The third kappa shape index (κ3) is 16.3. The van der Waals surface area contributed by atoms with Crippen molar-refractivity contribution in [3.8, 4) is 11.3 Å². The van der Waals surface area contributed by atoms with Crippen molar-refractivity contribution in [2.75, 3.05) is 27.4 Å². The average Bonchev–Trinajstić information content (AvgIpc) is 3.76. The number of rotatable bonds is 14. The molecule has 358 valence electrons. The van der Waals surface area contributed by atoms with Gasteiger partial charge >= 0.3 is 19.1 Å². The molecule has 0 bridgehead atoms. The van der Waals surface area contributed by atoms with E-state index in [0.717, 1.165) is 63.8 Å². The van der Waals surface area contributed by atoms with Gasteiger partial charge in [-0.1, -0.05) is 71.8 Å². The minimum absolute atomic E-state index is 0. The smallest absolute Gasteiger partial charge is 0.465 e. The number of ether oxygens (including phenoxy) is 4. The van der Waals surface area contributed by atoms with Crippen LogP contribution in [-0.2, 0) is 41.7 Å². The van der Waals surface area contributed by atoms with Crippen molar-refractivity contribution in [3.05, 3.63) is 84.9 Å². The third-order valence-corrected chi connectivity index (χ3v) is 16.0. The molecule has 0 saturated carbocycles. The third-order valence-electron chi connectivity index (χ3n) is 11.1. The summed E-state index contributed by atoms with van der Waals surface area (Å²) in [7, 11) is 0.244. The fourth-order valence-electron chi connectivity index (χ4n) is 6.40. The number of carbonyl (C=O) groups is 2. The van der Waals surface area contributed by atoms with Crippen molar-refractivity contribution < 1.29 is 37.8 Å². The van der Waals surface area contributed by atoms with E-state index in [4.69, 9.17) is 28.3 Å². The molecule has 1 fully saturated rings. The highest BCUT2D eigenvalue weighted by Crippen LogP contribution is 2.37. The molecule has 1 saturated heterocycles. The number of aryl methyl sites for hydroxylation is 6. The van der Waals surface area contributed by atoms with Crippen LogP contribution in [-0.4, -0.2) is 93.4 Å². The number of methoxy groups -OCH3 is 2. The summed E-state index contributed by atoms with van der Waals surface area (Å²) in [4.78, 5) is 23.9. The number of aromatic nitrogens is 4. The fourth-order valence-corrected chi connectivity index (χ4v) is 8.32. The zero-order chi connectivity index (χ0) is 47.0. The highest BCUT2D eigenvalue weighted by atomic mass is 127. The molecule has 16 heteroatoms. The Hall–Kier alpha value is -3.13. The van der Waals surface area contributed by atoms with Crippen LogP contribution in [0.3, 0.4) is 0 Å². The van der Waals surface area contributed by atoms with Gasteiger partial charge in [0, 0.05) is 40.5 Å². The second kappa shape index (κ2) is 24.6. The van der Waals surface area contributed by atoms with E-state index in [1.807, 2.05) is 108 Å². The van der Waals surface area contributed by atoms with Crippen LogP contribution in [0, 0.1) is 45.2 Å². The number of hydrogen-bond donors (Lipinski definition) is 0. The van der Waals surface area contributed by atoms with Gasteiger partial charge in [-0.2, -0.15) is 10.2 Å². The molecule has 1 aliphatic rings. The lowest BCUT2D eigenvalue weighted by molar-refractivity contribution is 0.00578. The minimum Gasteiger partial charge on any atom is -0.465 e. The number of halogens is 1. The molecule has 2 aromatic carbocycles. The van der Waals surface area contributed by atoms with Gasteiger partial charge < -0.3 is 28.3 Å². The van der Waals surface area contributed by atoms with E-state index in [1.54, 1.807) is 0 Å². The first-order valence-electron chi connectivity index (χ1n) is 21.2. The lowest BCUT2D eigenvalue weighted by Crippen LogP contribution is -2.41. The van der Waals surface area contributed by atoms with Gasteiger partial charge in [-0.05, 0) is 144 Å². The van der Waals surface area contributed by atoms with Crippen LogP contribution in [0.15, 0.2) is 36.7 Å². The van der Waals surface area contributed by atoms with Crippen LogP contribution < -0.4 is 5.46 Å². The highest BCUT2D eigenvalue weighted by molar-refractivity contribution is 14.1. The maximum absolute atomic E-state index is 12.1. The molecule has 0 aliphatic carbocycles. The first-order valence-corrected chi connectivity index (χ1v) is 29.7. The number of benzene rings is 2. The summed E-state index contributed by atoms with van der Waals surface area (Å²) in [6, 6.07) is 10.0. The van der Waals surface area contributed by atoms with Gasteiger partial charge in [0.05, 0.1) is 54.6 Å². The van der Waals surface area contributed by atoms with Crippen molar-refractivity contribution in [3.63, 3.8) is 0 Å². The fraction of sp³-hybridized carbons (Fsp3) is 0.583. The van der Waals surface area contributed by atoms with E-state index < -0.39 is 34.5 Å². The quantitative estimate of drug-likeness (QED) is 0.0522. The summed E-state index contributed by atoms with van der Waals surface area (Å²) in [5.74, 6) is -0.663. The summed E-state index contributed by atoms with van der Waals surface area (Å²) in [5.41, 5.74) is 9.38. The first-order chi connectivity index (χ1) is 28.6. The summed E-state index contributed by atoms with van der Waals surface area (Å²) in [6.07, 6.45) is 3.72. The van der Waals surface area contributed by atoms with Crippen LogP contribution in [0.5, 0.6) is 0 Å². The normalized spacial score (nSPS) is 14.0. The SMILES string of the molecule is C.C.COC(=O)c1cc(-c2c(C)cnn2COCC[Si](C)(C)C)c(C)cc1C.COC(=O)c1cc(B2OC(C)(C)C(C)(C)O2)c(C)cc1C.Cc1cnn(COCC[Si](C)(C)C)c1I. The van der Waals surface area contributed by atoms with E-state index in [2.05, 4.69) is 79.0 Å². The van der Waals surface area contributed by atoms with E-state index >= 15 is 0 Å². The maximum Gasteiger partial charge on any atom is 0.495 e. The molecule has 0 spiro atoms. The molecule has 64 heavy (non-hydrogen) atoms. The molecular formula is C48H80BIN4O8Si2. The Morgan fingerprint density at radius 3 is 1.50 bits per heavy atom. The molecule has 5 rings (SSSR count). The average molecular weight is 1040 g/mol. The maximum atomic E-state index is 12.1. The van der Waals surface area contributed by atoms with Gasteiger partial charge in [0.15, 0.2) is 0 Å². The topological polar surface area (TPSA) is 125 Å². The summed E-state index contributed by atoms with van der Waals surface area (Å²) in [6.45, 7) is 36.7. The predicted octanol–water partition coefficient (Wildman–Crippen LogP) is 11.3. The van der Waals surface area contributed by atoms with Crippen molar-refractivity contribution in [1.29, 1.82) is 0 Å². The Labute approximate surface area is 402 Å². The molecule has 0 atom stereocenters. The Balaban J connectivity index is 0.000000489. The first kappa shape index (κ1) is 58.9. The lowest BCUT2D eigenvalue weighted by atomic mass is 9.75. The largest absolute Gasteiger partial charge is 0.495 e. The molecule has 0 amide bonds. The van der Waals surface area contributed by atoms with Gasteiger partial charge in [0.1, 0.15) is 17.2 Å². The Morgan fingerprint density at radius 2 is 1.06 bits per heavy atom. The molecule has 1 aliphatic heterocycles. The summed E-state index contributed by atoms with van der Waals surface area (Å²) < 4.78 is 38.3. The summed E-state index contributed by atoms with van der Waals surface area (Å²) in [5, 5.41) is 8.72. The number of carbonyl (C=O) groups excluding carboxylic acids is 2. The molecule has 0 unspecified atom stereocenters. The van der Waals surface area contributed by atoms with Gasteiger partial charge in [-0.3, -0.25) is 0 Å². The van der Waals surface area contributed by atoms with Gasteiger partial charge in [0.25, 0.3) is 0 Å². The van der Waals surface area contributed by atoms with Crippen LogP contribution in [0.4, 0.5) is 0 Å². The van der Waals surface area contributed by atoms with E-state index in [0.29, 0.717) is 24.6 Å². The molecular weight excluding hydrogens is 954 g/mol. The second-order valence-corrected chi connectivity index (χ2v) is 31.8. The van der Waals surface area contributed by atoms with Crippen molar-refractivity contribution >= 4 is 63.3 Å². The van der Waals surface area contributed by atoms with E-state index in [1.165, 1.54) is 29.5 Å². The van der Waals surface area contributed by atoms with E-state index in [-0.39, 0.29) is 26.8 Å². The standard InChI is InChI=1S/C20H30N2O3Si.C16H23BO4.C10H19IN2OSi.2CH4/c1-14-10-15(2)18(20(23)24-4)11-17(14)19-16(3)12-21-22(19)13-25-8-9-26(5,6)7;1-10-8-11(2)13(9-12(10)14(18)19-7)17-20-15(3,4)16(5,6)21-17;1-9-7-12-13(10(9)11)8-14-5-6-15(2,3)4;;/h10-12H,8-9,13H2,1-7H3;8-9H,1-7H3;7H,5-6,8H2,1-4H3;2*1H4. The lowest BCUT2D eigenvalue weighted by Gasteiger charge is -2.32. The monoisotopic (exact) mass is 1030 g/mol. The Bertz CT molecular complexity index is 2140. The molecule has 2 aromatic heterocycles. The van der Waals surface area contributed by atoms with Crippen molar-refractivity contribution in [1.82, 2.24) is 19.6 Å². The highest BCUT2D eigenvalue weighted by Gasteiger charge is 2.52. The van der Waals surface area contributed by atoms with Crippen LogP contribution in [0.2, 0.25) is 51.4 Å². The Morgan fingerprint density at radius 1 is 0.641 bits per heavy atom. The second-order valence-electron chi connectivity index (χ2n) is 19.6. The number of esters is 2. The zero-order valence-corrected chi connectivity index (χ0v) is 44.9. The molecule has 12 nitrogen and oxygen atoms in total. The summed E-state index contributed by atoms with van der Waals surface area (Å²) >= 11 is 2.30.